The molecule has 0 heterocycles. The molecule has 1 saturated carbocycles. The van der Waals surface area contributed by atoms with E-state index in [1.165, 1.54) is 12.1 Å². The predicted molar refractivity (Wildman–Crippen MR) is 73.8 cm³/mol. The highest BCUT2D eigenvalue weighted by Gasteiger charge is 2.30. The average Bonchev–Trinajstić information content (AvgIpc) is 2.85. The molecule has 0 radical (unpaired) electrons. The lowest BCUT2D eigenvalue weighted by Gasteiger charge is -2.18. The first-order valence-corrected chi connectivity index (χ1v) is 6.76. The van der Waals surface area contributed by atoms with Crippen LogP contribution in [0.5, 0.6) is 0 Å². The quantitative estimate of drug-likeness (QED) is 0.658. The second kappa shape index (κ2) is 6.19. The number of hydrogen-bond acceptors (Lipinski definition) is 4. The molecule has 1 aliphatic carbocycles. The molecule has 0 saturated heterocycles. The number of rotatable bonds is 4. The fourth-order valence-electron chi connectivity index (χ4n) is 2.54. The van der Waals surface area contributed by atoms with Gasteiger partial charge >= 0.3 is 0 Å². The minimum atomic E-state index is -0.626. The first-order valence-electron chi connectivity index (χ1n) is 6.38. The molecule has 6 nitrogen and oxygen atoms in total. The largest absolute Gasteiger partial charge is 0.396 e. The van der Waals surface area contributed by atoms with E-state index in [9.17, 15) is 20.0 Å². The van der Waals surface area contributed by atoms with Gasteiger partial charge in [0.05, 0.1) is 4.92 Å². The van der Waals surface area contributed by atoms with E-state index in [1.807, 2.05) is 0 Å². The molecule has 0 spiro atoms. The number of aliphatic hydroxyl groups is 1. The summed E-state index contributed by atoms with van der Waals surface area (Å²) in [5, 5.41) is 23.2. The first kappa shape index (κ1) is 14.7. The van der Waals surface area contributed by atoms with Crippen LogP contribution >= 0.6 is 11.6 Å². The highest BCUT2D eigenvalue weighted by Crippen LogP contribution is 2.27. The minimum absolute atomic E-state index is 0.00760. The summed E-state index contributed by atoms with van der Waals surface area (Å²) in [4.78, 5) is 22.5. The molecule has 2 unspecified atom stereocenters. The van der Waals surface area contributed by atoms with Crippen LogP contribution in [0.4, 0.5) is 5.69 Å². The maximum atomic E-state index is 12.2. The standard InChI is InChI=1S/C13H15ClN2O4/c14-9-4-5-10(12(6-9)16(19)20)13(18)15-11-3-1-2-8(11)7-17/h4-6,8,11,17H,1-3,7H2,(H,15,18). The Morgan fingerprint density at radius 1 is 1.50 bits per heavy atom. The van der Waals surface area contributed by atoms with E-state index in [0.717, 1.165) is 25.3 Å². The zero-order chi connectivity index (χ0) is 14.7. The van der Waals surface area contributed by atoms with Crippen LogP contribution < -0.4 is 5.32 Å². The van der Waals surface area contributed by atoms with E-state index < -0.39 is 10.8 Å². The molecular formula is C13H15ClN2O4. The Hall–Kier alpha value is -1.66. The smallest absolute Gasteiger partial charge is 0.283 e. The third-order valence-corrected chi connectivity index (χ3v) is 3.85. The number of nitrogens with one attached hydrogen (secondary N) is 1. The third-order valence-electron chi connectivity index (χ3n) is 3.61. The molecule has 2 atom stereocenters. The maximum Gasteiger partial charge on any atom is 0.283 e. The van der Waals surface area contributed by atoms with Crippen molar-refractivity contribution in [3.8, 4) is 0 Å². The summed E-state index contributed by atoms with van der Waals surface area (Å²) < 4.78 is 0. The monoisotopic (exact) mass is 298 g/mol. The molecule has 0 aromatic heterocycles. The number of carbonyl (C=O) groups excluding carboxylic acids is 1. The Kier molecular flexibility index (Phi) is 4.57. The van der Waals surface area contributed by atoms with Gasteiger partial charge in [-0.15, -0.1) is 0 Å². The molecule has 2 N–H and O–H groups in total. The van der Waals surface area contributed by atoms with Crippen LogP contribution in [0.25, 0.3) is 0 Å². The molecule has 7 heteroatoms. The second-order valence-corrected chi connectivity index (χ2v) is 5.31. The highest BCUT2D eigenvalue weighted by atomic mass is 35.5. The van der Waals surface area contributed by atoms with Crippen molar-refractivity contribution < 1.29 is 14.8 Å². The van der Waals surface area contributed by atoms with E-state index >= 15 is 0 Å². The SMILES string of the molecule is O=C(NC1CCCC1CO)c1ccc(Cl)cc1[N+](=O)[O-]. The van der Waals surface area contributed by atoms with Crippen molar-refractivity contribution in [3.63, 3.8) is 0 Å². The predicted octanol–water partition coefficient (Wildman–Crippen LogP) is 2.14. The van der Waals surface area contributed by atoms with Gasteiger partial charge in [0, 0.05) is 29.7 Å². The molecule has 1 aromatic carbocycles. The van der Waals surface area contributed by atoms with Gasteiger partial charge in [0.15, 0.2) is 0 Å². The van der Waals surface area contributed by atoms with Gasteiger partial charge < -0.3 is 10.4 Å². The van der Waals surface area contributed by atoms with E-state index in [1.54, 1.807) is 0 Å². The summed E-state index contributed by atoms with van der Waals surface area (Å²) in [5.41, 5.74) is -0.323. The summed E-state index contributed by atoms with van der Waals surface area (Å²) in [6.45, 7) is 0.00760. The summed E-state index contributed by atoms with van der Waals surface area (Å²) in [7, 11) is 0. The number of nitro benzene ring substituents is 1. The van der Waals surface area contributed by atoms with E-state index in [2.05, 4.69) is 5.32 Å². The van der Waals surface area contributed by atoms with Gasteiger partial charge in [-0.3, -0.25) is 14.9 Å². The highest BCUT2D eigenvalue weighted by molar-refractivity contribution is 6.31. The van der Waals surface area contributed by atoms with E-state index in [-0.39, 0.29) is 34.8 Å². The zero-order valence-electron chi connectivity index (χ0n) is 10.7. The molecule has 0 aliphatic heterocycles. The number of benzene rings is 1. The normalized spacial score (nSPS) is 21.7. The number of hydrogen-bond donors (Lipinski definition) is 2. The van der Waals surface area contributed by atoms with Gasteiger partial charge in [-0.25, -0.2) is 0 Å². The van der Waals surface area contributed by atoms with Crippen molar-refractivity contribution in [2.24, 2.45) is 5.92 Å². The Morgan fingerprint density at radius 2 is 2.25 bits per heavy atom. The molecule has 108 valence electrons. The first-order chi connectivity index (χ1) is 9.52. The second-order valence-electron chi connectivity index (χ2n) is 4.87. The number of nitrogens with zero attached hydrogens (tertiary/aromatic N) is 1. The zero-order valence-corrected chi connectivity index (χ0v) is 11.5. The molecule has 20 heavy (non-hydrogen) atoms. The third kappa shape index (κ3) is 3.08. The summed E-state index contributed by atoms with van der Waals surface area (Å²) >= 11 is 5.71. The minimum Gasteiger partial charge on any atom is -0.396 e. The van der Waals surface area contributed by atoms with Crippen LogP contribution in [0.1, 0.15) is 29.6 Å². The summed E-state index contributed by atoms with van der Waals surface area (Å²) in [6.07, 6.45) is 2.56. The van der Waals surface area contributed by atoms with Crippen molar-refractivity contribution in [2.45, 2.75) is 25.3 Å². The van der Waals surface area contributed by atoms with Crippen LogP contribution in [0.15, 0.2) is 18.2 Å². The molecule has 1 amide bonds. The lowest BCUT2D eigenvalue weighted by molar-refractivity contribution is -0.385. The van der Waals surface area contributed by atoms with Gasteiger partial charge in [-0.05, 0) is 25.0 Å². The molecule has 1 aromatic rings. The van der Waals surface area contributed by atoms with Gasteiger partial charge in [-0.1, -0.05) is 18.0 Å². The number of aliphatic hydroxyl groups excluding tert-OH is 1. The number of carbonyl (C=O) groups is 1. The number of nitro groups is 1. The van der Waals surface area contributed by atoms with E-state index in [0.29, 0.717) is 0 Å². The van der Waals surface area contributed by atoms with Gasteiger partial charge in [0.25, 0.3) is 11.6 Å². The maximum absolute atomic E-state index is 12.2. The van der Waals surface area contributed by atoms with Crippen molar-refractivity contribution in [1.82, 2.24) is 5.32 Å². The van der Waals surface area contributed by atoms with Gasteiger partial charge in [0.2, 0.25) is 0 Å². The van der Waals surface area contributed by atoms with Crippen LogP contribution in [-0.2, 0) is 0 Å². The van der Waals surface area contributed by atoms with Crippen molar-refractivity contribution >= 4 is 23.2 Å². The van der Waals surface area contributed by atoms with E-state index in [4.69, 9.17) is 11.6 Å². The fraction of sp³-hybridized carbons (Fsp3) is 0.462. The fourth-order valence-corrected chi connectivity index (χ4v) is 2.71. The van der Waals surface area contributed by atoms with Gasteiger partial charge in [-0.2, -0.15) is 0 Å². The van der Waals surface area contributed by atoms with Crippen LogP contribution in [-0.4, -0.2) is 28.6 Å². The van der Waals surface area contributed by atoms with Crippen LogP contribution in [0.2, 0.25) is 5.02 Å². The summed E-state index contributed by atoms with van der Waals surface area (Å²) in [6, 6.07) is 3.82. The Morgan fingerprint density at radius 3 is 2.90 bits per heavy atom. The average molecular weight is 299 g/mol. The molecular weight excluding hydrogens is 284 g/mol. The van der Waals surface area contributed by atoms with Crippen molar-refractivity contribution in [1.29, 1.82) is 0 Å². The Labute approximate surface area is 120 Å². The Bertz CT molecular complexity index is 535. The number of amides is 1. The van der Waals surface area contributed by atoms with Crippen LogP contribution in [0, 0.1) is 16.0 Å². The molecule has 0 bridgehead atoms. The number of halogens is 1. The lowest BCUT2D eigenvalue weighted by atomic mass is 10.0. The van der Waals surface area contributed by atoms with Crippen molar-refractivity contribution in [3.05, 3.63) is 38.9 Å². The molecule has 1 fully saturated rings. The van der Waals surface area contributed by atoms with Crippen molar-refractivity contribution in [2.75, 3.05) is 6.61 Å². The lowest BCUT2D eigenvalue weighted by Crippen LogP contribution is -2.38. The topological polar surface area (TPSA) is 92.5 Å². The molecule has 1 aliphatic rings. The molecule has 2 rings (SSSR count). The summed E-state index contributed by atoms with van der Waals surface area (Å²) in [5.74, 6) is -0.482. The Balaban J connectivity index is 2.19. The van der Waals surface area contributed by atoms with Crippen LogP contribution in [0.3, 0.4) is 0 Å². The van der Waals surface area contributed by atoms with Gasteiger partial charge in [0.1, 0.15) is 5.56 Å².